The summed E-state index contributed by atoms with van der Waals surface area (Å²) in [6.45, 7) is 11.2. The van der Waals surface area contributed by atoms with Crippen molar-refractivity contribution in [2.75, 3.05) is 36.9 Å². The Bertz CT molecular complexity index is 1570. The maximum atomic E-state index is 12.8. The van der Waals surface area contributed by atoms with Gasteiger partial charge in [0.1, 0.15) is 17.5 Å². The Balaban J connectivity index is 1.32. The number of rotatable bonds is 10. The molecule has 0 aliphatic carbocycles. The number of amides is 2. The summed E-state index contributed by atoms with van der Waals surface area (Å²) in [6.07, 6.45) is 5.82. The summed E-state index contributed by atoms with van der Waals surface area (Å²) >= 11 is 0. The largest absolute Gasteiger partial charge is 0.448 e. The molecule has 4 rings (SSSR count). The summed E-state index contributed by atoms with van der Waals surface area (Å²) in [5, 5.41) is 14.4. The summed E-state index contributed by atoms with van der Waals surface area (Å²) in [5.74, 6) is 7.15. The third-order valence-electron chi connectivity index (χ3n) is 6.78. The zero-order valence-corrected chi connectivity index (χ0v) is 26.6. The third kappa shape index (κ3) is 9.07. The van der Waals surface area contributed by atoms with Gasteiger partial charge in [-0.2, -0.15) is 14.8 Å². The minimum atomic E-state index is -0.610. The van der Waals surface area contributed by atoms with Crippen LogP contribution >= 0.6 is 0 Å². The normalized spacial score (nSPS) is 14.4. The number of hydrogen-bond acceptors (Lipinski definition) is 10. The molecule has 3 heterocycles. The van der Waals surface area contributed by atoms with Gasteiger partial charge in [-0.05, 0) is 71.6 Å². The topological polar surface area (TPSA) is 153 Å². The second kappa shape index (κ2) is 15.2. The second-order valence-corrected chi connectivity index (χ2v) is 11.6. The summed E-state index contributed by atoms with van der Waals surface area (Å²) in [5.41, 5.74) is 1.43. The van der Waals surface area contributed by atoms with Crippen molar-refractivity contribution >= 4 is 46.5 Å². The van der Waals surface area contributed by atoms with E-state index >= 15 is 0 Å². The number of hydrogen-bond donors (Lipinski definition) is 3. The molecule has 13 heteroatoms. The van der Waals surface area contributed by atoms with Crippen LogP contribution in [0.3, 0.4) is 0 Å². The van der Waals surface area contributed by atoms with Gasteiger partial charge in [-0.15, -0.1) is 0 Å². The average Bonchev–Trinajstić information content (AvgIpc) is 3.65. The van der Waals surface area contributed by atoms with Gasteiger partial charge >= 0.3 is 12.2 Å². The van der Waals surface area contributed by atoms with E-state index in [0.717, 1.165) is 30.5 Å². The van der Waals surface area contributed by atoms with Crippen molar-refractivity contribution in [2.24, 2.45) is 0 Å². The average molecular weight is 619 g/mol. The van der Waals surface area contributed by atoms with E-state index in [4.69, 9.17) is 9.47 Å². The number of nitrogens with zero attached hydrogens (tertiary/aromatic N) is 5. The molecule has 1 atom stereocenters. The quantitative estimate of drug-likeness (QED) is 0.208. The molecule has 0 bridgehead atoms. The number of ether oxygens (including phenoxy) is 2. The van der Waals surface area contributed by atoms with Gasteiger partial charge in [0.2, 0.25) is 11.9 Å². The fraction of sp³-hybridized carbons (Fsp3) is 0.500. The zero-order chi connectivity index (χ0) is 32.4. The molecular weight excluding hydrogens is 576 g/mol. The van der Waals surface area contributed by atoms with Crippen molar-refractivity contribution in [3.63, 3.8) is 0 Å². The van der Waals surface area contributed by atoms with Crippen molar-refractivity contribution in [3.8, 4) is 11.8 Å². The highest BCUT2D eigenvalue weighted by Crippen LogP contribution is 2.23. The lowest BCUT2D eigenvalue weighted by Crippen LogP contribution is -2.47. The van der Waals surface area contributed by atoms with E-state index in [9.17, 15) is 14.4 Å². The fourth-order valence-electron chi connectivity index (χ4n) is 4.72. The number of benzene rings is 1. The predicted octanol–water partition coefficient (Wildman–Crippen LogP) is 5.04. The van der Waals surface area contributed by atoms with Gasteiger partial charge in [0.25, 0.3) is 0 Å². The molecule has 13 nitrogen and oxygen atoms in total. The standard InChI is InChI=1S/C32H42N8O5/c1-6-16-33-27-22(12-9-8-10-17-34-28(41)26-13-11-18-39(26)30(42)45-32(3,4)5)20-35-29(38-27)37-24-14-15-25-23(19-24)21-36-40(25)31(43)44-7-2/h14-15,19-21,26H,6-8,10-11,13,16-18H2,1-5H3,(H,34,41)(H2,33,35,37,38)/t26-/m0/s1. The minimum Gasteiger partial charge on any atom is -0.448 e. The Morgan fingerprint density at radius 2 is 1.93 bits per heavy atom. The molecule has 0 radical (unpaired) electrons. The molecule has 1 aliphatic rings. The predicted molar refractivity (Wildman–Crippen MR) is 171 cm³/mol. The number of aromatic nitrogens is 4. The first-order chi connectivity index (χ1) is 21.6. The molecule has 240 valence electrons. The molecule has 0 spiro atoms. The summed E-state index contributed by atoms with van der Waals surface area (Å²) in [4.78, 5) is 48.0. The molecular formula is C32H42N8O5. The number of likely N-dealkylation sites (tertiary alicyclic amines) is 1. The summed E-state index contributed by atoms with van der Waals surface area (Å²) in [7, 11) is 0. The highest BCUT2D eigenvalue weighted by Gasteiger charge is 2.36. The van der Waals surface area contributed by atoms with E-state index in [0.29, 0.717) is 55.2 Å². The molecule has 1 aromatic carbocycles. The van der Waals surface area contributed by atoms with Crippen molar-refractivity contribution in [1.82, 2.24) is 30.0 Å². The van der Waals surface area contributed by atoms with E-state index in [1.54, 1.807) is 25.4 Å². The molecule has 1 aliphatic heterocycles. The lowest BCUT2D eigenvalue weighted by molar-refractivity contribution is -0.125. The number of nitrogens with one attached hydrogen (secondary N) is 3. The third-order valence-corrected chi connectivity index (χ3v) is 6.78. The van der Waals surface area contributed by atoms with Gasteiger partial charge in [-0.25, -0.2) is 14.6 Å². The molecule has 2 aromatic heterocycles. The molecule has 3 N–H and O–H groups in total. The van der Waals surface area contributed by atoms with Crippen LogP contribution in [-0.2, 0) is 14.3 Å². The Hall–Kier alpha value is -4.86. The highest BCUT2D eigenvalue weighted by molar-refractivity contribution is 5.90. The van der Waals surface area contributed by atoms with Crippen LogP contribution < -0.4 is 16.0 Å². The SMILES string of the molecule is CCCNc1nc(Nc2ccc3c(cnn3C(=O)OCC)c2)ncc1C#CCCCNC(=O)[C@@H]1CCCN1C(=O)OC(C)(C)C. The molecule has 0 saturated carbocycles. The van der Waals surface area contributed by atoms with Crippen LogP contribution in [0.15, 0.2) is 30.6 Å². The smallest absolute Gasteiger partial charge is 0.435 e. The Morgan fingerprint density at radius 1 is 1.11 bits per heavy atom. The van der Waals surface area contributed by atoms with E-state index in [1.807, 2.05) is 32.9 Å². The molecule has 1 fully saturated rings. The van der Waals surface area contributed by atoms with E-state index in [-0.39, 0.29) is 12.5 Å². The van der Waals surface area contributed by atoms with Gasteiger partial charge in [0, 0.05) is 37.1 Å². The first-order valence-electron chi connectivity index (χ1n) is 15.4. The molecule has 2 amide bonds. The number of carbonyl (C=O) groups excluding carboxylic acids is 3. The number of fused-ring (bicyclic) bond motifs is 1. The Labute approximate surface area is 263 Å². The maximum Gasteiger partial charge on any atom is 0.435 e. The van der Waals surface area contributed by atoms with E-state index < -0.39 is 23.8 Å². The minimum absolute atomic E-state index is 0.166. The lowest BCUT2D eigenvalue weighted by atomic mass is 10.2. The van der Waals surface area contributed by atoms with Gasteiger partial charge < -0.3 is 25.4 Å². The van der Waals surface area contributed by atoms with Crippen LogP contribution in [0.5, 0.6) is 0 Å². The van der Waals surface area contributed by atoms with Crippen LogP contribution in [-0.4, -0.2) is 80.6 Å². The molecule has 1 saturated heterocycles. The molecule has 0 unspecified atom stereocenters. The van der Waals surface area contributed by atoms with Crippen LogP contribution in [0.1, 0.15) is 72.3 Å². The van der Waals surface area contributed by atoms with Crippen LogP contribution in [0.2, 0.25) is 0 Å². The first kappa shape index (κ1) is 33.0. The van der Waals surface area contributed by atoms with Crippen molar-refractivity contribution in [1.29, 1.82) is 0 Å². The molecule has 45 heavy (non-hydrogen) atoms. The highest BCUT2D eigenvalue weighted by atomic mass is 16.6. The lowest BCUT2D eigenvalue weighted by Gasteiger charge is -2.28. The van der Waals surface area contributed by atoms with Crippen LogP contribution in [0, 0.1) is 11.8 Å². The summed E-state index contributed by atoms with van der Waals surface area (Å²) in [6, 6.07) is 4.95. The van der Waals surface area contributed by atoms with Crippen molar-refractivity contribution in [3.05, 3.63) is 36.2 Å². The van der Waals surface area contributed by atoms with E-state index in [1.165, 1.54) is 9.58 Å². The maximum absolute atomic E-state index is 12.8. The number of anilines is 3. The van der Waals surface area contributed by atoms with Gasteiger partial charge in [-0.3, -0.25) is 9.69 Å². The van der Waals surface area contributed by atoms with E-state index in [2.05, 4.69) is 49.8 Å². The van der Waals surface area contributed by atoms with Crippen molar-refractivity contribution in [2.45, 2.75) is 78.4 Å². The molecule has 3 aromatic rings. The first-order valence-corrected chi connectivity index (χ1v) is 15.4. The van der Waals surface area contributed by atoms with Gasteiger partial charge in [-0.1, -0.05) is 18.8 Å². The van der Waals surface area contributed by atoms with Crippen LogP contribution in [0.25, 0.3) is 10.9 Å². The second-order valence-electron chi connectivity index (χ2n) is 11.6. The monoisotopic (exact) mass is 618 g/mol. The van der Waals surface area contributed by atoms with Crippen LogP contribution in [0.4, 0.5) is 27.0 Å². The fourth-order valence-corrected chi connectivity index (χ4v) is 4.72. The van der Waals surface area contributed by atoms with Gasteiger partial charge in [0.05, 0.1) is 30.1 Å². The Kier molecular flexibility index (Phi) is 11.2. The Morgan fingerprint density at radius 3 is 2.69 bits per heavy atom. The number of unbranched alkanes of at least 4 members (excludes halogenated alkanes) is 1. The summed E-state index contributed by atoms with van der Waals surface area (Å²) < 4.78 is 11.7. The number of carbonyl (C=O) groups is 3. The zero-order valence-electron chi connectivity index (χ0n) is 26.6. The van der Waals surface area contributed by atoms with Crippen molar-refractivity contribution < 1.29 is 23.9 Å². The van der Waals surface area contributed by atoms with Gasteiger partial charge in [0.15, 0.2) is 0 Å².